The number of para-hydroxylation sites is 1. The van der Waals surface area contributed by atoms with Crippen LogP contribution >= 0.6 is 11.6 Å². The lowest BCUT2D eigenvalue weighted by Crippen LogP contribution is -2.50. The van der Waals surface area contributed by atoms with Crippen LogP contribution in [0.3, 0.4) is 0 Å². The Morgan fingerprint density at radius 1 is 0.964 bits per heavy atom. The molecule has 0 aromatic heterocycles. The van der Waals surface area contributed by atoms with Crippen molar-refractivity contribution in [2.45, 2.75) is 20.0 Å². The van der Waals surface area contributed by atoms with Crippen LogP contribution in [0.5, 0.6) is 5.75 Å². The molecule has 1 heterocycles. The van der Waals surface area contributed by atoms with Crippen LogP contribution in [-0.2, 0) is 0 Å². The molecular formula is C21H22ClFN2O3. The van der Waals surface area contributed by atoms with Crippen molar-refractivity contribution in [1.29, 1.82) is 0 Å². The molecule has 0 radical (unpaired) electrons. The van der Waals surface area contributed by atoms with E-state index in [2.05, 4.69) is 0 Å². The first-order valence-corrected chi connectivity index (χ1v) is 9.54. The highest BCUT2D eigenvalue weighted by molar-refractivity contribution is 6.31. The van der Waals surface area contributed by atoms with Crippen LogP contribution in [0, 0.1) is 5.82 Å². The highest BCUT2D eigenvalue weighted by atomic mass is 35.5. The number of nitrogens with zero attached hydrogens (tertiary/aromatic N) is 2. The molecule has 1 aliphatic rings. The number of rotatable bonds is 4. The van der Waals surface area contributed by atoms with E-state index < -0.39 is 11.7 Å². The van der Waals surface area contributed by atoms with Crippen LogP contribution in [0.1, 0.15) is 34.6 Å². The van der Waals surface area contributed by atoms with Crippen molar-refractivity contribution in [3.05, 3.63) is 64.4 Å². The molecule has 28 heavy (non-hydrogen) atoms. The highest BCUT2D eigenvalue weighted by Gasteiger charge is 2.28. The molecule has 1 aliphatic heterocycles. The normalized spacial score (nSPS) is 14.3. The lowest BCUT2D eigenvalue weighted by molar-refractivity contribution is 0.0529. The van der Waals surface area contributed by atoms with Crippen molar-refractivity contribution in [1.82, 2.24) is 9.80 Å². The van der Waals surface area contributed by atoms with Crippen LogP contribution in [0.15, 0.2) is 42.5 Å². The Labute approximate surface area is 168 Å². The SMILES string of the molecule is CC(C)Oc1ccccc1C(=O)N1CCN(C(=O)c2cc(Cl)ccc2F)CC1. The monoisotopic (exact) mass is 404 g/mol. The Hall–Kier alpha value is -2.60. The van der Waals surface area contributed by atoms with Gasteiger partial charge in [0.2, 0.25) is 0 Å². The van der Waals surface area contributed by atoms with E-state index in [0.29, 0.717) is 42.5 Å². The second-order valence-corrected chi connectivity index (χ2v) is 7.31. The van der Waals surface area contributed by atoms with Crippen molar-refractivity contribution in [2.75, 3.05) is 26.2 Å². The number of carbonyl (C=O) groups is 2. The first kappa shape index (κ1) is 20.1. The smallest absolute Gasteiger partial charge is 0.257 e. The Morgan fingerprint density at radius 3 is 2.14 bits per heavy atom. The minimum Gasteiger partial charge on any atom is -0.490 e. The summed E-state index contributed by atoms with van der Waals surface area (Å²) in [6.07, 6.45) is -0.0454. The van der Waals surface area contributed by atoms with Crippen molar-refractivity contribution < 1.29 is 18.7 Å². The van der Waals surface area contributed by atoms with Gasteiger partial charge < -0.3 is 14.5 Å². The van der Waals surface area contributed by atoms with Gasteiger partial charge in [-0.1, -0.05) is 23.7 Å². The summed E-state index contributed by atoms with van der Waals surface area (Å²) in [5.41, 5.74) is 0.444. The molecule has 0 aliphatic carbocycles. The fraction of sp³-hybridized carbons (Fsp3) is 0.333. The molecule has 7 heteroatoms. The van der Waals surface area contributed by atoms with Crippen molar-refractivity contribution in [2.24, 2.45) is 0 Å². The summed E-state index contributed by atoms with van der Waals surface area (Å²) in [6, 6.07) is 11.0. The van der Waals surface area contributed by atoms with Gasteiger partial charge in [-0.2, -0.15) is 0 Å². The molecule has 1 saturated heterocycles. The molecule has 2 amide bonds. The largest absolute Gasteiger partial charge is 0.490 e. The van der Waals surface area contributed by atoms with Gasteiger partial charge in [-0.25, -0.2) is 4.39 Å². The van der Waals surface area contributed by atoms with Gasteiger partial charge in [-0.3, -0.25) is 9.59 Å². The van der Waals surface area contributed by atoms with E-state index in [9.17, 15) is 14.0 Å². The van der Waals surface area contributed by atoms with E-state index in [1.165, 1.54) is 23.1 Å². The van der Waals surface area contributed by atoms with E-state index >= 15 is 0 Å². The summed E-state index contributed by atoms with van der Waals surface area (Å²) < 4.78 is 19.7. The first-order chi connectivity index (χ1) is 13.4. The zero-order valence-electron chi connectivity index (χ0n) is 15.8. The maximum Gasteiger partial charge on any atom is 0.257 e. The Balaban J connectivity index is 1.68. The minimum atomic E-state index is -0.604. The van der Waals surface area contributed by atoms with Gasteiger partial charge in [-0.05, 0) is 44.2 Å². The lowest BCUT2D eigenvalue weighted by atomic mass is 10.1. The number of hydrogen-bond acceptors (Lipinski definition) is 3. The summed E-state index contributed by atoms with van der Waals surface area (Å²) in [7, 11) is 0. The maximum absolute atomic E-state index is 14.0. The Kier molecular flexibility index (Phi) is 6.19. The van der Waals surface area contributed by atoms with Crippen LogP contribution < -0.4 is 4.74 Å². The average molecular weight is 405 g/mol. The van der Waals surface area contributed by atoms with Gasteiger partial charge in [-0.15, -0.1) is 0 Å². The predicted octanol–water partition coefficient (Wildman–Crippen LogP) is 3.86. The topological polar surface area (TPSA) is 49.9 Å². The summed E-state index contributed by atoms with van der Waals surface area (Å²) in [6.45, 7) is 5.18. The zero-order chi connectivity index (χ0) is 20.3. The molecule has 5 nitrogen and oxygen atoms in total. The fourth-order valence-corrected chi connectivity index (χ4v) is 3.29. The second kappa shape index (κ2) is 8.61. The third-order valence-electron chi connectivity index (χ3n) is 4.49. The molecule has 3 rings (SSSR count). The molecule has 1 fully saturated rings. The molecule has 2 aromatic rings. The number of ether oxygens (including phenoxy) is 1. The zero-order valence-corrected chi connectivity index (χ0v) is 16.6. The standard InChI is InChI=1S/C21H22ClFN2O3/c1-14(2)28-19-6-4-3-5-16(19)20(26)24-9-11-25(12-10-24)21(27)17-13-15(22)7-8-18(17)23/h3-8,13-14H,9-12H2,1-2H3. The van der Waals surface area contributed by atoms with Gasteiger partial charge in [0.15, 0.2) is 0 Å². The summed E-state index contributed by atoms with van der Waals surface area (Å²) in [5, 5.41) is 0.306. The molecule has 0 N–H and O–H groups in total. The number of halogens is 2. The highest BCUT2D eigenvalue weighted by Crippen LogP contribution is 2.23. The number of carbonyl (C=O) groups excluding carboxylic acids is 2. The first-order valence-electron chi connectivity index (χ1n) is 9.16. The quantitative estimate of drug-likeness (QED) is 0.777. The molecule has 148 valence electrons. The van der Waals surface area contributed by atoms with Gasteiger partial charge in [0.25, 0.3) is 11.8 Å². The molecule has 0 bridgehead atoms. The maximum atomic E-state index is 14.0. The van der Waals surface area contributed by atoms with Crippen molar-refractivity contribution >= 4 is 23.4 Å². The minimum absolute atomic E-state index is 0.0454. The van der Waals surface area contributed by atoms with E-state index in [1.54, 1.807) is 23.1 Å². The summed E-state index contributed by atoms with van der Waals surface area (Å²) in [4.78, 5) is 28.7. The number of benzene rings is 2. The van der Waals surface area contributed by atoms with E-state index in [4.69, 9.17) is 16.3 Å². The lowest BCUT2D eigenvalue weighted by Gasteiger charge is -2.35. The average Bonchev–Trinajstić information content (AvgIpc) is 2.69. The molecule has 2 aromatic carbocycles. The second-order valence-electron chi connectivity index (χ2n) is 6.87. The van der Waals surface area contributed by atoms with Gasteiger partial charge in [0.05, 0.1) is 17.2 Å². The number of amides is 2. The van der Waals surface area contributed by atoms with Crippen LogP contribution in [0.2, 0.25) is 5.02 Å². The third kappa shape index (κ3) is 4.44. The third-order valence-corrected chi connectivity index (χ3v) is 4.73. The Morgan fingerprint density at radius 2 is 1.54 bits per heavy atom. The number of piperazine rings is 1. The van der Waals surface area contributed by atoms with Crippen LogP contribution in [-0.4, -0.2) is 53.9 Å². The molecule has 0 atom stereocenters. The van der Waals surface area contributed by atoms with Gasteiger partial charge in [0, 0.05) is 31.2 Å². The summed E-state index contributed by atoms with van der Waals surface area (Å²) >= 11 is 5.88. The molecular weight excluding hydrogens is 383 g/mol. The number of hydrogen-bond donors (Lipinski definition) is 0. The fourth-order valence-electron chi connectivity index (χ4n) is 3.11. The summed E-state index contributed by atoms with van der Waals surface area (Å²) in [5.74, 6) is -0.623. The molecule has 0 spiro atoms. The van der Waals surface area contributed by atoms with Gasteiger partial charge in [0.1, 0.15) is 11.6 Å². The van der Waals surface area contributed by atoms with Gasteiger partial charge >= 0.3 is 0 Å². The van der Waals surface area contributed by atoms with Crippen LogP contribution in [0.25, 0.3) is 0 Å². The van der Waals surface area contributed by atoms with Crippen LogP contribution in [0.4, 0.5) is 4.39 Å². The molecule has 0 saturated carbocycles. The van der Waals surface area contributed by atoms with E-state index in [0.717, 1.165) is 0 Å². The Bertz CT molecular complexity index is 880. The van der Waals surface area contributed by atoms with E-state index in [1.807, 2.05) is 19.9 Å². The van der Waals surface area contributed by atoms with Crippen molar-refractivity contribution in [3.63, 3.8) is 0 Å². The predicted molar refractivity (Wildman–Crippen MR) is 105 cm³/mol. The van der Waals surface area contributed by atoms with E-state index in [-0.39, 0.29) is 17.6 Å². The van der Waals surface area contributed by atoms with Crippen molar-refractivity contribution in [3.8, 4) is 5.75 Å². The molecule has 0 unspecified atom stereocenters.